The molecule has 0 atom stereocenters. The molecule has 0 fully saturated rings. The second-order valence-electron chi connectivity index (χ2n) is 3.26. The largest absolute Gasteiger partial charge is 0.392 e. The van der Waals surface area contributed by atoms with E-state index in [1.807, 2.05) is 6.07 Å². The minimum Gasteiger partial charge on any atom is -0.392 e. The maximum Gasteiger partial charge on any atom is 0.0688 e. The lowest BCUT2D eigenvalue weighted by Gasteiger charge is -2.04. The summed E-state index contributed by atoms with van der Waals surface area (Å²) in [5.41, 5.74) is 2.15. The molecule has 2 rings (SSSR count). The lowest BCUT2D eigenvalue weighted by molar-refractivity contribution is 0.283. The van der Waals surface area contributed by atoms with E-state index >= 15 is 0 Å². The molecule has 2 aromatic rings. The van der Waals surface area contributed by atoms with Gasteiger partial charge in [0.1, 0.15) is 0 Å². The zero-order valence-electron chi connectivity index (χ0n) is 8.00. The number of aryl methyl sites for hydroxylation is 1. The van der Waals surface area contributed by atoms with Crippen molar-refractivity contribution < 1.29 is 5.11 Å². The Morgan fingerprint density at radius 2 is 2.21 bits per heavy atom. The van der Waals surface area contributed by atoms with Gasteiger partial charge < -0.3 is 9.67 Å². The molecule has 0 amide bonds. The third-order valence-corrected chi connectivity index (χ3v) is 2.91. The summed E-state index contributed by atoms with van der Waals surface area (Å²) in [4.78, 5) is 0. The Morgan fingerprint density at radius 1 is 1.43 bits per heavy atom. The Hall–Kier alpha value is -0.800. The highest BCUT2D eigenvalue weighted by Crippen LogP contribution is 2.25. The molecule has 2 nitrogen and oxygen atoms in total. The van der Waals surface area contributed by atoms with Crippen molar-refractivity contribution in [2.45, 2.75) is 20.1 Å². The molecule has 1 aromatic carbocycles. The van der Waals surface area contributed by atoms with Crippen molar-refractivity contribution >= 4 is 26.8 Å². The number of fused-ring (bicyclic) bond motifs is 1. The Morgan fingerprint density at radius 3 is 2.86 bits per heavy atom. The van der Waals surface area contributed by atoms with Gasteiger partial charge in [-0.1, -0.05) is 15.9 Å². The highest BCUT2D eigenvalue weighted by Gasteiger charge is 2.05. The van der Waals surface area contributed by atoms with Gasteiger partial charge in [-0.2, -0.15) is 0 Å². The van der Waals surface area contributed by atoms with Crippen molar-refractivity contribution in [1.29, 1.82) is 0 Å². The SMILES string of the molecule is CCn1ccc2c(CO)cc(Br)cc21. The van der Waals surface area contributed by atoms with Crippen LogP contribution in [0.2, 0.25) is 0 Å². The van der Waals surface area contributed by atoms with E-state index in [9.17, 15) is 5.11 Å². The summed E-state index contributed by atoms with van der Waals surface area (Å²) in [6, 6.07) is 6.09. The number of aliphatic hydroxyl groups is 1. The van der Waals surface area contributed by atoms with Crippen molar-refractivity contribution in [3.05, 3.63) is 34.4 Å². The van der Waals surface area contributed by atoms with Crippen LogP contribution in [0, 0.1) is 0 Å². The third-order valence-electron chi connectivity index (χ3n) is 2.45. The molecule has 0 aliphatic heterocycles. The average Bonchev–Trinajstić information content (AvgIpc) is 2.59. The van der Waals surface area contributed by atoms with Crippen molar-refractivity contribution in [2.24, 2.45) is 0 Å². The van der Waals surface area contributed by atoms with Crippen LogP contribution in [0.4, 0.5) is 0 Å². The van der Waals surface area contributed by atoms with Crippen LogP contribution in [0.5, 0.6) is 0 Å². The summed E-state index contributed by atoms with van der Waals surface area (Å²) < 4.78 is 3.18. The Labute approximate surface area is 91.3 Å². The number of benzene rings is 1. The average molecular weight is 254 g/mol. The van der Waals surface area contributed by atoms with E-state index in [4.69, 9.17) is 0 Å². The summed E-state index contributed by atoms with van der Waals surface area (Å²) in [5, 5.41) is 10.3. The molecule has 74 valence electrons. The zero-order chi connectivity index (χ0) is 10.1. The third kappa shape index (κ3) is 1.47. The normalized spacial score (nSPS) is 11.1. The predicted molar refractivity (Wildman–Crippen MR) is 61.2 cm³/mol. The summed E-state index contributed by atoms with van der Waals surface area (Å²) in [5.74, 6) is 0. The second kappa shape index (κ2) is 3.75. The van der Waals surface area contributed by atoms with E-state index in [1.54, 1.807) is 0 Å². The van der Waals surface area contributed by atoms with E-state index in [0.717, 1.165) is 22.0 Å². The summed E-state index contributed by atoms with van der Waals surface area (Å²) >= 11 is 3.45. The number of halogens is 1. The lowest BCUT2D eigenvalue weighted by Crippen LogP contribution is -1.92. The Balaban J connectivity index is 2.76. The highest BCUT2D eigenvalue weighted by molar-refractivity contribution is 9.10. The van der Waals surface area contributed by atoms with Crippen molar-refractivity contribution in [3.63, 3.8) is 0 Å². The van der Waals surface area contributed by atoms with Crippen LogP contribution in [0.1, 0.15) is 12.5 Å². The van der Waals surface area contributed by atoms with Gasteiger partial charge >= 0.3 is 0 Å². The van der Waals surface area contributed by atoms with Crippen LogP contribution in [0.25, 0.3) is 10.9 Å². The van der Waals surface area contributed by atoms with E-state index < -0.39 is 0 Å². The molecule has 0 aliphatic carbocycles. The smallest absolute Gasteiger partial charge is 0.0688 e. The molecule has 0 saturated carbocycles. The number of rotatable bonds is 2. The van der Waals surface area contributed by atoms with E-state index in [0.29, 0.717) is 0 Å². The molecule has 1 heterocycles. The molecule has 0 radical (unpaired) electrons. The van der Waals surface area contributed by atoms with Crippen LogP contribution >= 0.6 is 15.9 Å². The molecule has 0 bridgehead atoms. The van der Waals surface area contributed by atoms with Crippen molar-refractivity contribution in [2.75, 3.05) is 0 Å². The van der Waals surface area contributed by atoms with E-state index in [-0.39, 0.29) is 6.61 Å². The van der Waals surface area contributed by atoms with Gasteiger partial charge in [0, 0.05) is 28.1 Å². The molecular weight excluding hydrogens is 242 g/mol. The van der Waals surface area contributed by atoms with Gasteiger partial charge in [-0.15, -0.1) is 0 Å². The summed E-state index contributed by atoms with van der Waals surface area (Å²) in [6.45, 7) is 3.15. The first-order valence-electron chi connectivity index (χ1n) is 4.64. The fraction of sp³-hybridized carbons (Fsp3) is 0.273. The quantitative estimate of drug-likeness (QED) is 0.875. The molecule has 0 aliphatic rings. The van der Waals surface area contributed by atoms with Crippen LogP contribution < -0.4 is 0 Å². The molecule has 3 heteroatoms. The molecule has 14 heavy (non-hydrogen) atoms. The van der Waals surface area contributed by atoms with Crippen LogP contribution in [-0.2, 0) is 13.2 Å². The summed E-state index contributed by atoms with van der Waals surface area (Å²) in [7, 11) is 0. The van der Waals surface area contributed by atoms with Gasteiger partial charge in [0.2, 0.25) is 0 Å². The molecule has 0 unspecified atom stereocenters. The van der Waals surface area contributed by atoms with Crippen LogP contribution in [-0.4, -0.2) is 9.67 Å². The minimum atomic E-state index is 0.0870. The fourth-order valence-corrected chi connectivity index (χ4v) is 2.23. The van der Waals surface area contributed by atoms with Gasteiger partial charge in [0.25, 0.3) is 0 Å². The van der Waals surface area contributed by atoms with Gasteiger partial charge in [-0.3, -0.25) is 0 Å². The standard InChI is InChI=1S/C11H12BrNO/c1-2-13-4-3-10-8(7-14)5-9(12)6-11(10)13/h3-6,14H,2,7H2,1H3. The fourth-order valence-electron chi connectivity index (χ4n) is 1.74. The molecule has 1 aromatic heterocycles. The molecule has 1 N–H and O–H groups in total. The number of hydrogen-bond acceptors (Lipinski definition) is 1. The lowest BCUT2D eigenvalue weighted by atomic mass is 10.1. The minimum absolute atomic E-state index is 0.0870. The number of hydrogen-bond donors (Lipinski definition) is 1. The molecule has 0 spiro atoms. The van der Waals surface area contributed by atoms with E-state index in [1.165, 1.54) is 5.52 Å². The summed E-state index contributed by atoms with van der Waals surface area (Å²) in [6.07, 6.45) is 2.05. The van der Waals surface area contributed by atoms with Crippen molar-refractivity contribution in [3.8, 4) is 0 Å². The van der Waals surface area contributed by atoms with Crippen LogP contribution in [0.3, 0.4) is 0 Å². The van der Waals surface area contributed by atoms with Crippen LogP contribution in [0.15, 0.2) is 28.9 Å². The highest BCUT2D eigenvalue weighted by atomic mass is 79.9. The number of aliphatic hydroxyl groups excluding tert-OH is 1. The number of aromatic nitrogens is 1. The first-order chi connectivity index (χ1) is 6.76. The Bertz CT molecular complexity index is 462. The van der Waals surface area contributed by atoms with Gasteiger partial charge in [-0.05, 0) is 30.7 Å². The maximum atomic E-state index is 9.21. The maximum absolute atomic E-state index is 9.21. The van der Waals surface area contributed by atoms with E-state index in [2.05, 4.69) is 45.8 Å². The van der Waals surface area contributed by atoms with Crippen molar-refractivity contribution in [1.82, 2.24) is 4.57 Å². The van der Waals surface area contributed by atoms with Gasteiger partial charge in [0.05, 0.1) is 6.61 Å². The Kier molecular flexibility index (Phi) is 2.61. The first-order valence-corrected chi connectivity index (χ1v) is 5.43. The first kappa shape index (κ1) is 9.74. The zero-order valence-corrected chi connectivity index (χ0v) is 9.58. The monoisotopic (exact) mass is 253 g/mol. The van der Waals surface area contributed by atoms with Gasteiger partial charge in [-0.25, -0.2) is 0 Å². The van der Waals surface area contributed by atoms with Gasteiger partial charge in [0.15, 0.2) is 0 Å². The second-order valence-corrected chi connectivity index (χ2v) is 4.17. The topological polar surface area (TPSA) is 25.2 Å². The molecular formula is C11H12BrNO. The predicted octanol–water partition coefficient (Wildman–Crippen LogP) is 2.92. The number of nitrogens with zero attached hydrogens (tertiary/aromatic N) is 1. The molecule has 0 saturated heterocycles.